The van der Waals surface area contributed by atoms with Gasteiger partial charge in [0.2, 0.25) is 5.82 Å². The van der Waals surface area contributed by atoms with Crippen LogP contribution in [0.15, 0.2) is 47.8 Å². The Hall–Kier alpha value is -2.96. The van der Waals surface area contributed by atoms with E-state index in [1.165, 1.54) is 23.4 Å². The first-order valence-corrected chi connectivity index (χ1v) is 5.56. The van der Waals surface area contributed by atoms with E-state index in [-0.39, 0.29) is 11.4 Å². The van der Waals surface area contributed by atoms with Crippen molar-refractivity contribution in [3.63, 3.8) is 0 Å². The molecular formula is C12H10N6O. The Morgan fingerprint density at radius 2 is 1.95 bits per heavy atom. The number of nitrogens with two attached hydrogens (primary N) is 1. The molecular weight excluding hydrogens is 244 g/mol. The summed E-state index contributed by atoms with van der Waals surface area (Å²) in [4.78, 5) is 22.2. The molecule has 0 unspecified atom stereocenters. The minimum Gasteiger partial charge on any atom is -0.399 e. The van der Waals surface area contributed by atoms with Crippen LogP contribution in [0.2, 0.25) is 0 Å². The molecule has 3 N–H and O–H groups in total. The Labute approximate surface area is 107 Å². The number of nitrogen functional groups attached to an aromatic ring is 1. The van der Waals surface area contributed by atoms with Crippen molar-refractivity contribution in [3.05, 3.63) is 53.3 Å². The number of hydrogen-bond acceptors (Lipinski definition) is 5. The van der Waals surface area contributed by atoms with E-state index < -0.39 is 0 Å². The molecule has 0 saturated carbocycles. The van der Waals surface area contributed by atoms with Crippen molar-refractivity contribution in [2.75, 3.05) is 5.73 Å². The Kier molecular flexibility index (Phi) is 2.57. The lowest BCUT2D eigenvalue weighted by molar-refractivity contribution is 0.825. The van der Waals surface area contributed by atoms with Gasteiger partial charge in [0.05, 0.1) is 0 Å². The van der Waals surface area contributed by atoms with Gasteiger partial charge in [0.15, 0.2) is 5.82 Å². The van der Waals surface area contributed by atoms with Gasteiger partial charge in [-0.2, -0.15) is 4.68 Å². The molecule has 0 saturated heterocycles. The molecule has 94 valence electrons. The third kappa shape index (κ3) is 2.08. The normalized spacial score (nSPS) is 10.5. The van der Waals surface area contributed by atoms with Crippen LogP contribution in [-0.4, -0.2) is 24.7 Å². The molecule has 0 atom stereocenters. The zero-order valence-electron chi connectivity index (χ0n) is 9.82. The highest BCUT2D eigenvalue weighted by molar-refractivity contribution is 5.58. The number of nitrogens with one attached hydrogen (secondary N) is 1. The summed E-state index contributed by atoms with van der Waals surface area (Å²) < 4.78 is 1.34. The van der Waals surface area contributed by atoms with Crippen LogP contribution in [-0.2, 0) is 0 Å². The molecule has 3 rings (SSSR count). The maximum absolute atomic E-state index is 11.6. The predicted molar refractivity (Wildman–Crippen MR) is 69.6 cm³/mol. The van der Waals surface area contributed by atoms with E-state index in [2.05, 4.69) is 20.1 Å². The van der Waals surface area contributed by atoms with Crippen LogP contribution >= 0.6 is 0 Å². The van der Waals surface area contributed by atoms with Crippen LogP contribution in [0.25, 0.3) is 17.2 Å². The molecule has 0 amide bonds. The molecule has 19 heavy (non-hydrogen) atoms. The van der Waals surface area contributed by atoms with Gasteiger partial charge >= 0.3 is 0 Å². The van der Waals surface area contributed by atoms with E-state index in [0.717, 1.165) is 5.56 Å². The van der Waals surface area contributed by atoms with Crippen LogP contribution in [0.4, 0.5) is 5.69 Å². The lowest BCUT2D eigenvalue weighted by Crippen LogP contribution is -2.16. The van der Waals surface area contributed by atoms with Gasteiger partial charge in [-0.15, -0.1) is 5.10 Å². The summed E-state index contributed by atoms with van der Waals surface area (Å²) in [5, 5.41) is 4.22. The van der Waals surface area contributed by atoms with Gasteiger partial charge in [-0.05, 0) is 24.3 Å². The maximum Gasteiger partial charge on any atom is 0.293 e. The van der Waals surface area contributed by atoms with Crippen molar-refractivity contribution >= 4 is 5.69 Å². The largest absolute Gasteiger partial charge is 0.399 e. The first-order chi connectivity index (χ1) is 9.24. The summed E-state index contributed by atoms with van der Waals surface area (Å²) in [5.41, 5.74) is 6.79. The Balaban J connectivity index is 2.02. The van der Waals surface area contributed by atoms with Gasteiger partial charge in [-0.3, -0.25) is 4.79 Å². The lowest BCUT2D eigenvalue weighted by Gasteiger charge is -1.97. The van der Waals surface area contributed by atoms with Gasteiger partial charge in [0.25, 0.3) is 5.56 Å². The fraction of sp³-hybridized carbons (Fsp3) is 0. The molecule has 3 aromatic rings. The lowest BCUT2D eigenvalue weighted by atomic mass is 10.2. The summed E-state index contributed by atoms with van der Waals surface area (Å²) in [6, 6.07) is 7.17. The van der Waals surface area contributed by atoms with Gasteiger partial charge < -0.3 is 10.7 Å². The molecule has 2 aromatic heterocycles. The summed E-state index contributed by atoms with van der Waals surface area (Å²) in [6.45, 7) is 0. The van der Waals surface area contributed by atoms with E-state index in [4.69, 9.17) is 5.73 Å². The quantitative estimate of drug-likeness (QED) is 0.652. The number of H-pyrrole nitrogens is 1. The molecule has 7 nitrogen and oxygen atoms in total. The van der Waals surface area contributed by atoms with Gasteiger partial charge in [0.1, 0.15) is 6.33 Å². The van der Waals surface area contributed by atoms with Gasteiger partial charge in [-0.1, -0.05) is 0 Å². The molecule has 0 fully saturated rings. The summed E-state index contributed by atoms with van der Waals surface area (Å²) in [7, 11) is 0. The summed E-state index contributed by atoms with van der Waals surface area (Å²) in [5.74, 6) is 0.682. The van der Waals surface area contributed by atoms with Crippen molar-refractivity contribution in [3.8, 4) is 17.2 Å². The summed E-state index contributed by atoms with van der Waals surface area (Å²) >= 11 is 0. The highest BCUT2D eigenvalue weighted by Crippen LogP contribution is 2.16. The highest BCUT2D eigenvalue weighted by atomic mass is 16.1. The van der Waals surface area contributed by atoms with Crippen molar-refractivity contribution in [1.82, 2.24) is 24.7 Å². The fourth-order valence-electron chi connectivity index (χ4n) is 1.64. The third-order valence-electron chi connectivity index (χ3n) is 2.57. The van der Waals surface area contributed by atoms with E-state index in [1.807, 2.05) is 12.1 Å². The van der Waals surface area contributed by atoms with Crippen LogP contribution in [0, 0.1) is 0 Å². The van der Waals surface area contributed by atoms with Crippen molar-refractivity contribution in [1.29, 1.82) is 0 Å². The smallest absolute Gasteiger partial charge is 0.293 e. The van der Waals surface area contributed by atoms with Crippen LogP contribution in [0.5, 0.6) is 0 Å². The van der Waals surface area contributed by atoms with Gasteiger partial charge in [0, 0.05) is 23.6 Å². The van der Waals surface area contributed by atoms with Crippen LogP contribution in [0.1, 0.15) is 0 Å². The Bertz CT molecular complexity index is 758. The predicted octanol–water partition coefficient (Wildman–Crippen LogP) is 0.600. The third-order valence-corrected chi connectivity index (χ3v) is 2.57. The zero-order chi connectivity index (χ0) is 13.2. The van der Waals surface area contributed by atoms with E-state index in [9.17, 15) is 4.79 Å². The molecule has 0 spiro atoms. The Morgan fingerprint density at radius 3 is 2.68 bits per heavy atom. The number of benzene rings is 1. The maximum atomic E-state index is 11.6. The van der Waals surface area contributed by atoms with Crippen molar-refractivity contribution in [2.24, 2.45) is 0 Å². The van der Waals surface area contributed by atoms with E-state index in [1.54, 1.807) is 12.1 Å². The molecule has 7 heteroatoms. The van der Waals surface area contributed by atoms with E-state index >= 15 is 0 Å². The number of rotatable bonds is 2. The second-order valence-electron chi connectivity index (χ2n) is 3.88. The molecule has 0 radical (unpaired) electrons. The molecule has 2 heterocycles. The average molecular weight is 254 g/mol. The first kappa shape index (κ1) is 11.1. The van der Waals surface area contributed by atoms with Crippen LogP contribution < -0.4 is 11.3 Å². The minimum absolute atomic E-state index is 0.177. The second kappa shape index (κ2) is 4.37. The van der Waals surface area contributed by atoms with Crippen LogP contribution in [0.3, 0.4) is 0 Å². The second-order valence-corrected chi connectivity index (χ2v) is 3.88. The van der Waals surface area contributed by atoms with Gasteiger partial charge in [-0.25, -0.2) is 9.97 Å². The topological polar surface area (TPSA) is 102 Å². The number of aromatic nitrogens is 5. The molecule has 0 aliphatic carbocycles. The monoisotopic (exact) mass is 254 g/mol. The van der Waals surface area contributed by atoms with Crippen molar-refractivity contribution in [2.45, 2.75) is 0 Å². The highest BCUT2D eigenvalue weighted by Gasteiger charge is 2.08. The number of hydrogen-bond donors (Lipinski definition) is 2. The van der Waals surface area contributed by atoms with E-state index in [0.29, 0.717) is 11.5 Å². The standard InChI is InChI=1S/C12H10N6O/c13-9-3-1-8(2-4-9)10-16-7-18(17-10)11-12(19)15-6-5-14-11/h1-7H,13H2,(H,15,19). The van der Waals surface area contributed by atoms with Crippen molar-refractivity contribution < 1.29 is 0 Å². The Morgan fingerprint density at radius 1 is 1.16 bits per heavy atom. The molecule has 1 aromatic carbocycles. The average Bonchev–Trinajstić information content (AvgIpc) is 2.89. The molecule has 0 bridgehead atoms. The minimum atomic E-state index is -0.323. The first-order valence-electron chi connectivity index (χ1n) is 5.56. The number of aromatic amines is 1. The zero-order valence-corrected chi connectivity index (χ0v) is 9.82. The fourth-order valence-corrected chi connectivity index (χ4v) is 1.64. The number of anilines is 1. The number of nitrogens with zero attached hydrogens (tertiary/aromatic N) is 4. The molecule has 0 aliphatic rings. The SMILES string of the molecule is Nc1ccc(-c2ncn(-c3ncc[nH]c3=O)n2)cc1. The summed E-state index contributed by atoms with van der Waals surface area (Å²) in [6.07, 6.45) is 4.40. The molecule has 0 aliphatic heterocycles.